The first-order valence-electron chi connectivity index (χ1n) is 6.25. The highest BCUT2D eigenvalue weighted by Gasteiger charge is 2.07. The Labute approximate surface area is 107 Å². The monoisotopic (exact) mass is 247 g/mol. The average Bonchev–Trinajstić information content (AvgIpc) is 2.84. The molecule has 0 saturated carbocycles. The van der Waals surface area contributed by atoms with E-state index >= 15 is 0 Å². The number of halogens is 1. The molecule has 1 unspecified atom stereocenters. The molecule has 3 heteroatoms. The average molecular weight is 247 g/mol. The Morgan fingerprint density at radius 2 is 2.00 bits per heavy atom. The summed E-state index contributed by atoms with van der Waals surface area (Å²) in [5.41, 5.74) is 0.942. The lowest BCUT2D eigenvalue weighted by Crippen LogP contribution is -2.17. The van der Waals surface area contributed by atoms with Crippen LogP contribution in [0, 0.1) is 5.82 Å². The van der Waals surface area contributed by atoms with Crippen molar-refractivity contribution in [1.29, 1.82) is 0 Å². The van der Waals surface area contributed by atoms with Crippen LogP contribution in [0.5, 0.6) is 0 Å². The molecule has 1 N–H and O–H groups in total. The van der Waals surface area contributed by atoms with Crippen LogP contribution < -0.4 is 5.32 Å². The molecule has 1 aromatic heterocycles. The molecule has 0 saturated heterocycles. The number of hydrogen-bond acceptors (Lipinski definition) is 2. The standard InChI is InChI=1S/C15H18FNO/c1-3-14-7-8-15(18-14)10-17-11(2)12-5-4-6-13(16)9-12/h4-9,11,17H,3,10H2,1-2H3. The topological polar surface area (TPSA) is 25.2 Å². The summed E-state index contributed by atoms with van der Waals surface area (Å²) < 4.78 is 18.7. The molecule has 0 aliphatic heterocycles. The first-order chi connectivity index (χ1) is 8.69. The van der Waals surface area contributed by atoms with Crippen LogP contribution in [0.4, 0.5) is 4.39 Å². The van der Waals surface area contributed by atoms with Gasteiger partial charge in [-0.15, -0.1) is 0 Å². The van der Waals surface area contributed by atoms with E-state index in [0.717, 1.165) is 23.5 Å². The molecule has 0 spiro atoms. The molecule has 1 atom stereocenters. The molecule has 0 radical (unpaired) electrons. The smallest absolute Gasteiger partial charge is 0.123 e. The van der Waals surface area contributed by atoms with Gasteiger partial charge in [-0.05, 0) is 36.8 Å². The van der Waals surface area contributed by atoms with Gasteiger partial charge >= 0.3 is 0 Å². The van der Waals surface area contributed by atoms with E-state index in [9.17, 15) is 4.39 Å². The lowest BCUT2D eigenvalue weighted by molar-refractivity contribution is 0.435. The zero-order valence-electron chi connectivity index (χ0n) is 10.7. The fraction of sp³-hybridized carbons (Fsp3) is 0.333. The number of furan rings is 1. The van der Waals surface area contributed by atoms with Crippen LogP contribution in [0.15, 0.2) is 40.8 Å². The normalized spacial score (nSPS) is 12.6. The fourth-order valence-electron chi connectivity index (χ4n) is 1.85. The molecule has 18 heavy (non-hydrogen) atoms. The van der Waals surface area contributed by atoms with Crippen molar-refractivity contribution in [2.75, 3.05) is 0 Å². The second-order valence-electron chi connectivity index (χ2n) is 4.38. The highest BCUT2D eigenvalue weighted by Crippen LogP contribution is 2.15. The van der Waals surface area contributed by atoms with E-state index in [-0.39, 0.29) is 11.9 Å². The van der Waals surface area contributed by atoms with Crippen LogP contribution in [0.25, 0.3) is 0 Å². The molecule has 0 aliphatic carbocycles. The Bertz CT molecular complexity index is 507. The lowest BCUT2D eigenvalue weighted by Gasteiger charge is -2.13. The van der Waals surface area contributed by atoms with Gasteiger partial charge in [-0.2, -0.15) is 0 Å². The molecular weight excluding hydrogens is 229 g/mol. The quantitative estimate of drug-likeness (QED) is 0.868. The van der Waals surface area contributed by atoms with Crippen molar-refractivity contribution in [2.24, 2.45) is 0 Å². The minimum absolute atomic E-state index is 0.0934. The molecule has 2 rings (SSSR count). The van der Waals surface area contributed by atoms with Gasteiger partial charge in [-0.3, -0.25) is 0 Å². The maximum Gasteiger partial charge on any atom is 0.123 e. The van der Waals surface area contributed by atoms with Gasteiger partial charge in [0.2, 0.25) is 0 Å². The Kier molecular flexibility index (Phi) is 4.15. The zero-order chi connectivity index (χ0) is 13.0. The first kappa shape index (κ1) is 12.8. The third-order valence-electron chi connectivity index (χ3n) is 3.00. The molecule has 0 fully saturated rings. The Morgan fingerprint density at radius 3 is 2.67 bits per heavy atom. The largest absolute Gasteiger partial charge is 0.465 e. The van der Waals surface area contributed by atoms with E-state index in [1.54, 1.807) is 12.1 Å². The second kappa shape index (κ2) is 5.83. The highest BCUT2D eigenvalue weighted by atomic mass is 19.1. The molecule has 2 nitrogen and oxygen atoms in total. The minimum Gasteiger partial charge on any atom is -0.465 e. The van der Waals surface area contributed by atoms with Crippen LogP contribution in [0.2, 0.25) is 0 Å². The number of rotatable bonds is 5. The number of aryl methyl sites for hydroxylation is 1. The van der Waals surface area contributed by atoms with Gasteiger partial charge in [0.1, 0.15) is 17.3 Å². The molecule has 96 valence electrons. The summed E-state index contributed by atoms with van der Waals surface area (Å²) in [5, 5.41) is 3.32. The predicted octanol–water partition coefficient (Wildman–Crippen LogP) is 3.83. The SMILES string of the molecule is CCc1ccc(CNC(C)c2cccc(F)c2)o1. The fourth-order valence-corrected chi connectivity index (χ4v) is 1.85. The molecule has 0 aliphatic rings. The molecule has 0 bridgehead atoms. The second-order valence-corrected chi connectivity index (χ2v) is 4.38. The van der Waals surface area contributed by atoms with Crippen LogP contribution >= 0.6 is 0 Å². The molecule has 0 amide bonds. The van der Waals surface area contributed by atoms with Gasteiger partial charge in [0.05, 0.1) is 6.54 Å². The third kappa shape index (κ3) is 3.20. The zero-order valence-corrected chi connectivity index (χ0v) is 10.7. The number of nitrogens with one attached hydrogen (secondary N) is 1. The van der Waals surface area contributed by atoms with E-state index in [0.29, 0.717) is 6.54 Å². The van der Waals surface area contributed by atoms with Crippen molar-refractivity contribution < 1.29 is 8.81 Å². The van der Waals surface area contributed by atoms with E-state index < -0.39 is 0 Å². The number of benzene rings is 1. The highest BCUT2D eigenvalue weighted by molar-refractivity contribution is 5.19. The Balaban J connectivity index is 1.93. The van der Waals surface area contributed by atoms with E-state index in [2.05, 4.69) is 12.2 Å². The van der Waals surface area contributed by atoms with Crippen LogP contribution in [0.3, 0.4) is 0 Å². The van der Waals surface area contributed by atoms with Crippen molar-refractivity contribution >= 4 is 0 Å². The summed E-state index contributed by atoms with van der Waals surface area (Å²) in [6, 6.07) is 10.7. The van der Waals surface area contributed by atoms with Crippen molar-refractivity contribution in [1.82, 2.24) is 5.32 Å². The van der Waals surface area contributed by atoms with Crippen LogP contribution in [-0.2, 0) is 13.0 Å². The van der Waals surface area contributed by atoms with E-state index in [1.165, 1.54) is 6.07 Å². The van der Waals surface area contributed by atoms with Gasteiger partial charge < -0.3 is 9.73 Å². The van der Waals surface area contributed by atoms with Gasteiger partial charge in [0.25, 0.3) is 0 Å². The van der Waals surface area contributed by atoms with Crippen molar-refractivity contribution in [3.8, 4) is 0 Å². The lowest BCUT2D eigenvalue weighted by atomic mass is 10.1. The Hall–Kier alpha value is -1.61. The van der Waals surface area contributed by atoms with Crippen molar-refractivity contribution in [2.45, 2.75) is 32.9 Å². The van der Waals surface area contributed by atoms with Crippen LogP contribution in [-0.4, -0.2) is 0 Å². The molecule has 1 aromatic carbocycles. The Morgan fingerprint density at radius 1 is 1.22 bits per heavy atom. The first-order valence-corrected chi connectivity index (χ1v) is 6.25. The summed E-state index contributed by atoms with van der Waals surface area (Å²) in [7, 11) is 0. The summed E-state index contributed by atoms with van der Waals surface area (Å²) in [4.78, 5) is 0. The van der Waals surface area contributed by atoms with Crippen molar-refractivity contribution in [3.05, 3.63) is 59.3 Å². The predicted molar refractivity (Wildman–Crippen MR) is 69.7 cm³/mol. The van der Waals surface area contributed by atoms with Crippen LogP contribution in [0.1, 0.15) is 37.0 Å². The molecule has 2 aromatic rings. The summed E-state index contributed by atoms with van der Waals surface area (Å²) in [5.74, 6) is 1.70. The molecule has 1 heterocycles. The van der Waals surface area contributed by atoms with Crippen molar-refractivity contribution in [3.63, 3.8) is 0 Å². The third-order valence-corrected chi connectivity index (χ3v) is 3.00. The number of hydrogen-bond donors (Lipinski definition) is 1. The maximum atomic E-state index is 13.1. The van der Waals surface area contributed by atoms with Gasteiger partial charge in [0.15, 0.2) is 0 Å². The van der Waals surface area contributed by atoms with Gasteiger partial charge in [-0.25, -0.2) is 4.39 Å². The summed E-state index contributed by atoms with van der Waals surface area (Å²) >= 11 is 0. The summed E-state index contributed by atoms with van der Waals surface area (Å²) in [6.45, 7) is 4.72. The summed E-state index contributed by atoms with van der Waals surface area (Å²) in [6.07, 6.45) is 0.902. The van der Waals surface area contributed by atoms with Gasteiger partial charge in [0, 0.05) is 12.5 Å². The molecular formula is C15H18FNO. The minimum atomic E-state index is -0.201. The van der Waals surface area contributed by atoms with Gasteiger partial charge in [-0.1, -0.05) is 19.1 Å². The van der Waals surface area contributed by atoms with E-state index in [1.807, 2.05) is 25.1 Å². The maximum absolute atomic E-state index is 13.1. The van der Waals surface area contributed by atoms with E-state index in [4.69, 9.17) is 4.42 Å².